The maximum absolute atomic E-state index is 13.8. The van der Waals surface area contributed by atoms with E-state index < -0.39 is 6.04 Å². The van der Waals surface area contributed by atoms with E-state index in [2.05, 4.69) is 22.5 Å². The number of rotatable bonds is 8. The Morgan fingerprint density at radius 2 is 1.97 bits per heavy atom. The van der Waals surface area contributed by atoms with Gasteiger partial charge in [-0.3, -0.25) is 4.79 Å². The first-order valence-corrected chi connectivity index (χ1v) is 12.6. The fraction of sp³-hybridized carbons (Fsp3) is 0.346. The number of nitrogens with zero attached hydrogens (tertiary/aromatic N) is 3. The van der Waals surface area contributed by atoms with Crippen LogP contribution in [0.1, 0.15) is 43.5 Å². The average Bonchev–Trinajstić information content (AvgIpc) is 3.23. The molecule has 3 aromatic rings. The lowest BCUT2D eigenvalue weighted by atomic mass is 9.94. The lowest BCUT2D eigenvalue weighted by Crippen LogP contribution is -2.31. The molecule has 2 N–H and O–H groups in total. The number of fused-ring (bicyclic) bond motifs is 1. The molecule has 0 saturated heterocycles. The number of hydrogen-bond donors (Lipinski definition) is 2. The van der Waals surface area contributed by atoms with Gasteiger partial charge >= 0.3 is 0 Å². The molecule has 0 aliphatic carbocycles. The molecular weight excluding hydrogens is 462 g/mol. The molecule has 1 unspecified atom stereocenters. The highest BCUT2D eigenvalue weighted by molar-refractivity contribution is 7.99. The number of thioether (sulfide) groups is 1. The minimum absolute atomic E-state index is 0.201. The minimum atomic E-state index is -0.500. The summed E-state index contributed by atoms with van der Waals surface area (Å²) >= 11 is 1.55. The summed E-state index contributed by atoms with van der Waals surface area (Å²) in [4.78, 5) is 18.4. The van der Waals surface area contributed by atoms with Crippen LogP contribution in [-0.2, 0) is 4.79 Å². The van der Waals surface area contributed by atoms with Gasteiger partial charge in [0.25, 0.3) is 5.91 Å². The molecule has 8 nitrogen and oxygen atoms in total. The minimum Gasteiger partial charge on any atom is -0.493 e. The van der Waals surface area contributed by atoms with E-state index in [1.807, 2.05) is 64.1 Å². The summed E-state index contributed by atoms with van der Waals surface area (Å²) < 4.78 is 13.1. The van der Waals surface area contributed by atoms with Crippen molar-refractivity contribution in [2.75, 3.05) is 30.1 Å². The SMILES string of the molecule is CCOc1cc(C2C(C(=O)Nc3cccc(C)c3C)=C(C)Nc3nc(SCC)nn32)ccc1OC. The first-order chi connectivity index (χ1) is 16.9. The molecule has 0 spiro atoms. The van der Waals surface area contributed by atoms with Gasteiger partial charge < -0.3 is 20.1 Å². The van der Waals surface area contributed by atoms with Gasteiger partial charge in [0, 0.05) is 11.4 Å². The molecular formula is C26H31N5O3S. The molecule has 184 valence electrons. The van der Waals surface area contributed by atoms with Gasteiger partial charge in [-0.05, 0) is 68.3 Å². The molecule has 0 saturated carbocycles. The maximum Gasteiger partial charge on any atom is 0.255 e. The van der Waals surface area contributed by atoms with Crippen molar-refractivity contribution in [3.8, 4) is 11.5 Å². The van der Waals surface area contributed by atoms with Crippen molar-refractivity contribution in [2.24, 2.45) is 0 Å². The van der Waals surface area contributed by atoms with E-state index in [9.17, 15) is 4.79 Å². The number of aryl methyl sites for hydroxylation is 1. The summed E-state index contributed by atoms with van der Waals surface area (Å²) in [6.45, 7) is 10.4. The van der Waals surface area contributed by atoms with Crippen molar-refractivity contribution in [3.63, 3.8) is 0 Å². The normalized spacial score (nSPS) is 14.9. The third-order valence-electron chi connectivity index (χ3n) is 6.01. The molecule has 35 heavy (non-hydrogen) atoms. The predicted molar refractivity (Wildman–Crippen MR) is 140 cm³/mol. The molecule has 2 aromatic carbocycles. The number of benzene rings is 2. The Labute approximate surface area is 210 Å². The first kappa shape index (κ1) is 24.7. The third kappa shape index (κ3) is 4.86. The van der Waals surface area contributed by atoms with Gasteiger partial charge in [0.1, 0.15) is 6.04 Å². The van der Waals surface area contributed by atoms with Crippen molar-refractivity contribution in [1.82, 2.24) is 14.8 Å². The summed E-state index contributed by atoms with van der Waals surface area (Å²) in [5.41, 5.74) is 5.06. The van der Waals surface area contributed by atoms with Gasteiger partial charge in [-0.2, -0.15) is 4.98 Å². The second-order valence-corrected chi connectivity index (χ2v) is 9.44. The number of amides is 1. The zero-order chi connectivity index (χ0) is 25.1. The number of aromatic nitrogens is 3. The van der Waals surface area contributed by atoms with Crippen LogP contribution in [0.25, 0.3) is 0 Å². The Morgan fingerprint density at radius 3 is 2.69 bits per heavy atom. The largest absolute Gasteiger partial charge is 0.493 e. The van der Waals surface area contributed by atoms with Crippen LogP contribution in [0.5, 0.6) is 11.5 Å². The second kappa shape index (κ2) is 10.4. The van der Waals surface area contributed by atoms with Gasteiger partial charge in [0.05, 0.1) is 19.3 Å². The van der Waals surface area contributed by atoms with Crippen molar-refractivity contribution in [3.05, 3.63) is 64.4 Å². The number of hydrogen-bond acceptors (Lipinski definition) is 7. The topological polar surface area (TPSA) is 90.3 Å². The van der Waals surface area contributed by atoms with Crippen LogP contribution in [0.15, 0.2) is 52.8 Å². The van der Waals surface area contributed by atoms with E-state index in [1.165, 1.54) is 0 Å². The predicted octanol–water partition coefficient (Wildman–Crippen LogP) is 5.34. The smallest absolute Gasteiger partial charge is 0.255 e. The third-order valence-corrected chi connectivity index (χ3v) is 6.73. The monoisotopic (exact) mass is 493 g/mol. The Hall–Kier alpha value is -3.46. The Balaban J connectivity index is 1.82. The summed E-state index contributed by atoms with van der Waals surface area (Å²) in [5, 5.41) is 11.8. The van der Waals surface area contributed by atoms with Gasteiger partial charge in [-0.1, -0.05) is 36.9 Å². The lowest BCUT2D eigenvalue weighted by molar-refractivity contribution is -0.113. The zero-order valence-corrected chi connectivity index (χ0v) is 21.7. The molecule has 2 heterocycles. The highest BCUT2D eigenvalue weighted by Crippen LogP contribution is 2.40. The number of carbonyl (C=O) groups is 1. The number of methoxy groups -OCH3 is 1. The molecule has 1 aliphatic heterocycles. The van der Waals surface area contributed by atoms with Crippen LogP contribution in [0.4, 0.5) is 11.6 Å². The van der Waals surface area contributed by atoms with Crippen molar-refractivity contribution < 1.29 is 14.3 Å². The fourth-order valence-electron chi connectivity index (χ4n) is 4.13. The number of carbonyl (C=O) groups excluding carboxylic acids is 1. The molecule has 0 radical (unpaired) electrons. The van der Waals surface area contributed by atoms with Gasteiger partial charge in [-0.25, -0.2) is 4.68 Å². The van der Waals surface area contributed by atoms with Crippen LogP contribution in [-0.4, -0.2) is 40.1 Å². The zero-order valence-electron chi connectivity index (χ0n) is 20.9. The fourth-order valence-corrected chi connectivity index (χ4v) is 4.69. The summed E-state index contributed by atoms with van der Waals surface area (Å²) in [5.74, 6) is 2.49. The molecule has 4 rings (SSSR count). The average molecular weight is 494 g/mol. The highest BCUT2D eigenvalue weighted by Gasteiger charge is 2.35. The van der Waals surface area contributed by atoms with E-state index in [0.29, 0.717) is 34.8 Å². The molecule has 1 aliphatic rings. The Morgan fingerprint density at radius 1 is 1.17 bits per heavy atom. The number of nitrogens with one attached hydrogen (secondary N) is 2. The maximum atomic E-state index is 13.8. The van der Waals surface area contributed by atoms with E-state index in [-0.39, 0.29) is 5.91 Å². The molecule has 9 heteroatoms. The van der Waals surface area contributed by atoms with Crippen LogP contribution in [0.3, 0.4) is 0 Å². The van der Waals surface area contributed by atoms with E-state index in [1.54, 1.807) is 23.6 Å². The molecule has 1 aromatic heterocycles. The first-order valence-electron chi connectivity index (χ1n) is 11.6. The highest BCUT2D eigenvalue weighted by atomic mass is 32.2. The molecule has 0 fully saturated rings. The molecule has 1 amide bonds. The standard InChI is InChI=1S/C26H31N5O3S/c1-7-34-21-14-18(12-13-20(21)33-6)23-22(24(32)28-19-11-9-10-15(3)16(19)4)17(5)27-25-29-26(35-8-2)30-31(23)25/h9-14,23H,7-8H2,1-6H3,(H,28,32)(H,27,29,30). The van der Waals surface area contributed by atoms with Crippen LogP contribution in [0, 0.1) is 13.8 Å². The van der Waals surface area contributed by atoms with E-state index in [4.69, 9.17) is 14.6 Å². The molecule has 1 atom stereocenters. The van der Waals surface area contributed by atoms with Gasteiger partial charge in [0.15, 0.2) is 11.5 Å². The number of anilines is 2. The second-order valence-electron chi connectivity index (χ2n) is 8.21. The lowest BCUT2D eigenvalue weighted by Gasteiger charge is -2.29. The summed E-state index contributed by atoms with van der Waals surface area (Å²) in [6.07, 6.45) is 0. The van der Waals surface area contributed by atoms with Crippen LogP contribution >= 0.6 is 11.8 Å². The quantitative estimate of drug-likeness (QED) is 0.409. The van der Waals surface area contributed by atoms with E-state index in [0.717, 1.165) is 33.8 Å². The molecule has 0 bridgehead atoms. The van der Waals surface area contributed by atoms with Gasteiger partial charge in [0.2, 0.25) is 11.1 Å². The Bertz CT molecular complexity index is 1280. The summed E-state index contributed by atoms with van der Waals surface area (Å²) in [7, 11) is 1.61. The number of allylic oxidation sites excluding steroid dienone is 1. The Kier molecular flexibility index (Phi) is 7.35. The van der Waals surface area contributed by atoms with Crippen molar-refractivity contribution in [2.45, 2.75) is 45.8 Å². The van der Waals surface area contributed by atoms with Crippen LogP contribution < -0.4 is 20.1 Å². The number of ether oxygens (including phenoxy) is 2. The van der Waals surface area contributed by atoms with Gasteiger partial charge in [-0.15, -0.1) is 5.10 Å². The summed E-state index contributed by atoms with van der Waals surface area (Å²) in [6, 6.07) is 11.1. The van der Waals surface area contributed by atoms with Crippen molar-refractivity contribution in [1.29, 1.82) is 0 Å². The van der Waals surface area contributed by atoms with E-state index >= 15 is 0 Å². The van der Waals surface area contributed by atoms with Crippen LogP contribution in [0.2, 0.25) is 0 Å². The van der Waals surface area contributed by atoms with Crippen molar-refractivity contribution >= 4 is 29.3 Å².